The third-order valence-electron chi connectivity index (χ3n) is 5.23. The third-order valence-corrected chi connectivity index (χ3v) is 5.23. The van der Waals surface area contributed by atoms with Crippen molar-refractivity contribution in [2.24, 2.45) is 0 Å². The second-order valence-electron chi connectivity index (χ2n) is 6.60. The zero-order valence-electron chi connectivity index (χ0n) is 15.0. The predicted molar refractivity (Wildman–Crippen MR) is 98.1 cm³/mol. The molecule has 0 bridgehead atoms. The van der Waals surface area contributed by atoms with Crippen LogP contribution in [0.15, 0.2) is 48.5 Å². The molecular formula is C21H25NO3. The number of nitrogens with one attached hydrogen (secondary N) is 1. The van der Waals surface area contributed by atoms with Crippen molar-refractivity contribution >= 4 is 5.91 Å². The molecule has 4 heteroatoms. The summed E-state index contributed by atoms with van der Waals surface area (Å²) in [5.41, 5.74) is 1.57. The van der Waals surface area contributed by atoms with Crippen LogP contribution in [0.25, 0.3) is 0 Å². The first-order valence-electron chi connectivity index (χ1n) is 8.69. The van der Waals surface area contributed by atoms with Gasteiger partial charge in [-0.25, -0.2) is 0 Å². The Kier molecular flexibility index (Phi) is 4.98. The summed E-state index contributed by atoms with van der Waals surface area (Å²) in [4.78, 5) is 13.1. The summed E-state index contributed by atoms with van der Waals surface area (Å²) >= 11 is 0. The Labute approximate surface area is 149 Å². The van der Waals surface area contributed by atoms with E-state index in [0.29, 0.717) is 0 Å². The van der Waals surface area contributed by atoms with Crippen molar-refractivity contribution in [3.05, 3.63) is 59.7 Å². The maximum atomic E-state index is 13.1. The van der Waals surface area contributed by atoms with Gasteiger partial charge < -0.3 is 14.8 Å². The van der Waals surface area contributed by atoms with E-state index in [2.05, 4.69) is 5.32 Å². The lowest BCUT2D eigenvalue weighted by atomic mass is 9.63. The number of rotatable bonds is 6. The molecule has 1 fully saturated rings. The minimum atomic E-state index is -0.479. The van der Waals surface area contributed by atoms with Gasteiger partial charge in [0.25, 0.3) is 0 Å². The molecule has 1 N–H and O–H groups in total. The molecule has 1 saturated carbocycles. The Morgan fingerprint density at radius 2 is 1.72 bits per heavy atom. The maximum Gasteiger partial charge on any atom is 0.231 e. The molecule has 1 aliphatic rings. The molecule has 4 nitrogen and oxygen atoms in total. The molecule has 132 valence electrons. The monoisotopic (exact) mass is 339 g/mol. The van der Waals surface area contributed by atoms with Gasteiger partial charge in [-0.2, -0.15) is 0 Å². The lowest BCUT2D eigenvalue weighted by molar-refractivity contribution is -0.130. The van der Waals surface area contributed by atoms with Crippen LogP contribution in [0.3, 0.4) is 0 Å². The first-order chi connectivity index (χ1) is 12.1. The van der Waals surface area contributed by atoms with E-state index in [1.54, 1.807) is 14.2 Å². The van der Waals surface area contributed by atoms with E-state index >= 15 is 0 Å². The molecule has 2 aromatic rings. The maximum absolute atomic E-state index is 13.1. The van der Waals surface area contributed by atoms with Crippen molar-refractivity contribution in [1.29, 1.82) is 0 Å². The van der Waals surface area contributed by atoms with Crippen LogP contribution in [-0.4, -0.2) is 20.1 Å². The van der Waals surface area contributed by atoms with Crippen LogP contribution in [-0.2, 0) is 10.2 Å². The Bertz CT molecular complexity index is 735. The molecule has 0 aromatic heterocycles. The number of para-hydroxylation sites is 1. The van der Waals surface area contributed by atoms with Crippen LogP contribution in [0.4, 0.5) is 0 Å². The van der Waals surface area contributed by atoms with Crippen LogP contribution < -0.4 is 14.8 Å². The van der Waals surface area contributed by atoms with Crippen LogP contribution in [0.5, 0.6) is 11.5 Å². The van der Waals surface area contributed by atoms with E-state index in [4.69, 9.17) is 9.47 Å². The average molecular weight is 339 g/mol. The summed E-state index contributed by atoms with van der Waals surface area (Å²) in [7, 11) is 3.30. The molecule has 0 aliphatic heterocycles. The summed E-state index contributed by atoms with van der Waals surface area (Å²) in [6.07, 6.45) is 2.77. The Hall–Kier alpha value is -2.49. The normalized spacial score (nSPS) is 16.4. The first kappa shape index (κ1) is 17.3. The molecular weight excluding hydrogens is 314 g/mol. The van der Waals surface area contributed by atoms with Crippen LogP contribution in [0, 0.1) is 0 Å². The number of hydrogen-bond donors (Lipinski definition) is 1. The molecule has 0 heterocycles. The Morgan fingerprint density at radius 3 is 2.28 bits per heavy atom. The summed E-state index contributed by atoms with van der Waals surface area (Å²) < 4.78 is 10.7. The first-order valence-corrected chi connectivity index (χ1v) is 8.69. The summed E-state index contributed by atoms with van der Waals surface area (Å²) in [5.74, 6) is 1.67. The highest BCUT2D eigenvalue weighted by Crippen LogP contribution is 2.47. The molecule has 1 amide bonds. The van der Waals surface area contributed by atoms with Gasteiger partial charge in [-0.1, -0.05) is 36.8 Å². The molecule has 2 aromatic carbocycles. The second-order valence-corrected chi connectivity index (χ2v) is 6.60. The van der Waals surface area contributed by atoms with Gasteiger partial charge in [0, 0.05) is 5.56 Å². The quantitative estimate of drug-likeness (QED) is 0.865. The molecule has 1 unspecified atom stereocenters. The zero-order chi connectivity index (χ0) is 17.9. The number of ether oxygens (including phenoxy) is 2. The average Bonchev–Trinajstić information content (AvgIpc) is 2.61. The van der Waals surface area contributed by atoms with Crippen molar-refractivity contribution in [3.8, 4) is 11.5 Å². The fraction of sp³-hybridized carbons (Fsp3) is 0.381. The van der Waals surface area contributed by atoms with Gasteiger partial charge in [0.05, 0.1) is 25.7 Å². The number of methoxy groups -OCH3 is 2. The van der Waals surface area contributed by atoms with E-state index < -0.39 is 5.41 Å². The zero-order valence-corrected chi connectivity index (χ0v) is 15.0. The Morgan fingerprint density at radius 1 is 1.04 bits per heavy atom. The van der Waals surface area contributed by atoms with E-state index in [1.807, 2.05) is 55.5 Å². The Balaban J connectivity index is 1.80. The van der Waals surface area contributed by atoms with Crippen LogP contribution in [0.1, 0.15) is 43.4 Å². The lowest BCUT2D eigenvalue weighted by Gasteiger charge is -2.42. The SMILES string of the molecule is COc1ccc(C(C)NC(=O)C2(c3ccccc3OC)CCC2)cc1. The molecule has 0 spiro atoms. The fourth-order valence-electron chi connectivity index (χ4n) is 3.50. The van der Waals surface area contributed by atoms with Gasteiger partial charge in [0.1, 0.15) is 11.5 Å². The third kappa shape index (κ3) is 3.21. The summed E-state index contributed by atoms with van der Waals surface area (Å²) in [5, 5.41) is 3.19. The van der Waals surface area contributed by atoms with Gasteiger partial charge in [0.2, 0.25) is 5.91 Å². The highest BCUT2D eigenvalue weighted by atomic mass is 16.5. The van der Waals surface area contributed by atoms with Crippen molar-refractivity contribution in [1.82, 2.24) is 5.32 Å². The lowest BCUT2D eigenvalue weighted by Crippen LogP contribution is -2.49. The molecule has 1 atom stereocenters. The van der Waals surface area contributed by atoms with Crippen LogP contribution in [0.2, 0.25) is 0 Å². The van der Waals surface area contributed by atoms with E-state index in [-0.39, 0.29) is 11.9 Å². The van der Waals surface area contributed by atoms with Crippen LogP contribution >= 0.6 is 0 Å². The molecule has 0 radical (unpaired) electrons. The second kappa shape index (κ2) is 7.18. The number of benzene rings is 2. The van der Waals surface area contributed by atoms with Gasteiger partial charge in [0.15, 0.2) is 0 Å². The largest absolute Gasteiger partial charge is 0.497 e. The van der Waals surface area contributed by atoms with Crippen molar-refractivity contribution in [3.63, 3.8) is 0 Å². The van der Waals surface area contributed by atoms with Crippen molar-refractivity contribution in [2.75, 3.05) is 14.2 Å². The van der Waals surface area contributed by atoms with Gasteiger partial charge in [-0.15, -0.1) is 0 Å². The number of hydrogen-bond acceptors (Lipinski definition) is 3. The standard InChI is InChI=1S/C21H25NO3/c1-15(16-9-11-17(24-2)12-10-16)22-20(23)21(13-6-14-21)18-7-4-5-8-19(18)25-3/h4-5,7-12,15H,6,13-14H2,1-3H3,(H,22,23). The molecule has 25 heavy (non-hydrogen) atoms. The summed E-state index contributed by atoms with van der Waals surface area (Å²) in [6, 6.07) is 15.6. The van der Waals surface area contributed by atoms with E-state index in [1.165, 1.54) is 0 Å². The number of amides is 1. The molecule has 0 saturated heterocycles. The van der Waals surface area contributed by atoms with Crippen molar-refractivity contribution < 1.29 is 14.3 Å². The topological polar surface area (TPSA) is 47.6 Å². The highest BCUT2D eigenvalue weighted by Gasteiger charge is 2.47. The van der Waals surface area contributed by atoms with E-state index in [0.717, 1.165) is 41.9 Å². The van der Waals surface area contributed by atoms with Gasteiger partial charge >= 0.3 is 0 Å². The molecule has 3 rings (SSSR count). The van der Waals surface area contributed by atoms with Crippen molar-refractivity contribution in [2.45, 2.75) is 37.6 Å². The minimum absolute atomic E-state index is 0.0643. The van der Waals surface area contributed by atoms with Gasteiger partial charge in [-0.05, 0) is 43.5 Å². The smallest absolute Gasteiger partial charge is 0.231 e. The fourth-order valence-corrected chi connectivity index (χ4v) is 3.50. The van der Waals surface area contributed by atoms with Gasteiger partial charge in [-0.3, -0.25) is 4.79 Å². The number of carbonyl (C=O) groups is 1. The highest BCUT2D eigenvalue weighted by molar-refractivity contribution is 5.90. The predicted octanol–water partition coefficient (Wildman–Crippen LogP) is 4.00. The number of carbonyl (C=O) groups excluding carboxylic acids is 1. The molecule has 1 aliphatic carbocycles. The van der Waals surface area contributed by atoms with E-state index in [9.17, 15) is 4.79 Å². The minimum Gasteiger partial charge on any atom is -0.497 e. The summed E-state index contributed by atoms with van der Waals surface area (Å²) in [6.45, 7) is 2.01.